The molecule has 0 unspecified atom stereocenters. The van der Waals surface area contributed by atoms with Crippen molar-refractivity contribution in [1.82, 2.24) is 0 Å². The summed E-state index contributed by atoms with van der Waals surface area (Å²) in [4.78, 5) is 0. The van der Waals surface area contributed by atoms with Crippen molar-refractivity contribution in [3.63, 3.8) is 0 Å². The number of nitrogens with two attached hydrogens (primary N) is 1. The fraction of sp³-hybridized carbons (Fsp3) is 0.455. The van der Waals surface area contributed by atoms with Crippen molar-refractivity contribution in [3.05, 3.63) is 23.2 Å². The van der Waals surface area contributed by atoms with Crippen LogP contribution in [-0.2, 0) is 4.74 Å². The first kappa shape index (κ1) is 10.6. The molecule has 0 spiro atoms. The topological polar surface area (TPSA) is 44.5 Å². The molecule has 0 aliphatic carbocycles. The molecule has 1 aliphatic heterocycles. The minimum absolute atomic E-state index is 0.485. The van der Waals surface area contributed by atoms with Gasteiger partial charge in [-0.2, -0.15) is 0 Å². The zero-order valence-electron chi connectivity index (χ0n) is 8.41. The zero-order chi connectivity index (χ0) is 10.7. The van der Waals surface area contributed by atoms with Gasteiger partial charge in [-0.3, -0.25) is 0 Å². The van der Waals surface area contributed by atoms with Crippen molar-refractivity contribution in [2.24, 2.45) is 5.92 Å². The fourth-order valence-electron chi connectivity index (χ4n) is 1.56. The van der Waals surface area contributed by atoms with Crippen LogP contribution in [0.2, 0.25) is 5.02 Å². The number of rotatable bonds is 3. The van der Waals surface area contributed by atoms with Crippen LogP contribution in [0.4, 0.5) is 5.69 Å². The van der Waals surface area contributed by atoms with E-state index in [0.717, 1.165) is 19.6 Å². The van der Waals surface area contributed by atoms with Gasteiger partial charge in [-0.15, -0.1) is 0 Å². The average Bonchev–Trinajstić information content (AvgIpc) is 2.69. The van der Waals surface area contributed by atoms with Crippen LogP contribution in [0.3, 0.4) is 0 Å². The first-order valence-electron chi connectivity index (χ1n) is 5.01. The standard InChI is InChI=1S/C11H14ClNO2/c12-10-5-9(13)1-2-11(10)15-7-8-3-4-14-6-8/h1-2,5,8H,3-4,6-7,13H2/t8-/m0/s1. The van der Waals surface area contributed by atoms with Crippen LogP contribution in [0.15, 0.2) is 18.2 Å². The fourth-order valence-corrected chi connectivity index (χ4v) is 1.80. The van der Waals surface area contributed by atoms with Crippen LogP contribution < -0.4 is 10.5 Å². The Hall–Kier alpha value is -0.930. The van der Waals surface area contributed by atoms with Crippen molar-refractivity contribution < 1.29 is 9.47 Å². The highest BCUT2D eigenvalue weighted by molar-refractivity contribution is 6.32. The molecule has 1 aromatic carbocycles. The van der Waals surface area contributed by atoms with Gasteiger partial charge < -0.3 is 15.2 Å². The summed E-state index contributed by atoms with van der Waals surface area (Å²) < 4.78 is 10.9. The lowest BCUT2D eigenvalue weighted by Crippen LogP contribution is -2.11. The molecule has 3 nitrogen and oxygen atoms in total. The molecule has 1 fully saturated rings. The second-order valence-corrected chi connectivity index (χ2v) is 4.14. The average molecular weight is 228 g/mol. The van der Waals surface area contributed by atoms with Crippen molar-refractivity contribution in [2.75, 3.05) is 25.6 Å². The van der Waals surface area contributed by atoms with Gasteiger partial charge in [-0.05, 0) is 24.6 Å². The van der Waals surface area contributed by atoms with Crippen molar-refractivity contribution in [2.45, 2.75) is 6.42 Å². The Kier molecular flexibility index (Phi) is 3.34. The highest BCUT2D eigenvalue weighted by Crippen LogP contribution is 2.27. The lowest BCUT2D eigenvalue weighted by atomic mass is 10.1. The maximum Gasteiger partial charge on any atom is 0.138 e. The van der Waals surface area contributed by atoms with E-state index >= 15 is 0 Å². The minimum atomic E-state index is 0.485. The molecule has 4 heteroatoms. The Bertz CT molecular complexity index is 337. The number of halogens is 1. The summed E-state index contributed by atoms with van der Waals surface area (Å²) in [6.07, 6.45) is 1.06. The highest BCUT2D eigenvalue weighted by atomic mass is 35.5. The predicted octanol–water partition coefficient (Wildman–Crippen LogP) is 2.34. The molecule has 82 valence electrons. The Morgan fingerprint density at radius 3 is 3.07 bits per heavy atom. The van der Waals surface area contributed by atoms with Gasteiger partial charge in [0.1, 0.15) is 5.75 Å². The van der Waals surface area contributed by atoms with E-state index in [0.29, 0.717) is 29.0 Å². The second-order valence-electron chi connectivity index (χ2n) is 3.73. The minimum Gasteiger partial charge on any atom is -0.492 e. The molecule has 1 heterocycles. The molecule has 2 N–H and O–H groups in total. The van der Waals surface area contributed by atoms with Crippen LogP contribution in [0.25, 0.3) is 0 Å². The van der Waals surface area contributed by atoms with Crippen LogP contribution in [0.5, 0.6) is 5.75 Å². The Balaban J connectivity index is 1.92. The molecule has 0 radical (unpaired) electrons. The third-order valence-corrected chi connectivity index (χ3v) is 2.75. The van der Waals surface area contributed by atoms with Gasteiger partial charge in [0, 0.05) is 18.2 Å². The van der Waals surface area contributed by atoms with E-state index in [1.54, 1.807) is 18.2 Å². The van der Waals surface area contributed by atoms with E-state index < -0.39 is 0 Å². The summed E-state index contributed by atoms with van der Waals surface area (Å²) >= 11 is 5.98. The number of hydrogen-bond acceptors (Lipinski definition) is 3. The van der Waals surface area contributed by atoms with Gasteiger partial charge in [0.2, 0.25) is 0 Å². The van der Waals surface area contributed by atoms with Crippen molar-refractivity contribution in [1.29, 1.82) is 0 Å². The molecule has 0 aromatic heterocycles. The van der Waals surface area contributed by atoms with Gasteiger partial charge >= 0.3 is 0 Å². The third kappa shape index (κ3) is 2.76. The van der Waals surface area contributed by atoms with Gasteiger partial charge in [-0.1, -0.05) is 11.6 Å². The number of anilines is 1. The summed E-state index contributed by atoms with van der Waals surface area (Å²) in [6, 6.07) is 5.28. The van der Waals surface area contributed by atoms with Gasteiger partial charge in [0.05, 0.1) is 18.2 Å². The molecule has 0 amide bonds. The summed E-state index contributed by atoms with van der Waals surface area (Å²) in [5, 5.41) is 0.564. The molecule has 2 rings (SSSR count). The van der Waals surface area contributed by atoms with Crippen molar-refractivity contribution >= 4 is 17.3 Å². The molecule has 15 heavy (non-hydrogen) atoms. The van der Waals surface area contributed by atoms with Gasteiger partial charge in [0.15, 0.2) is 0 Å². The Morgan fingerprint density at radius 1 is 1.53 bits per heavy atom. The van der Waals surface area contributed by atoms with Gasteiger partial charge in [-0.25, -0.2) is 0 Å². The normalized spacial score (nSPS) is 20.5. The second kappa shape index (κ2) is 4.73. The summed E-state index contributed by atoms with van der Waals surface area (Å²) in [7, 11) is 0. The van der Waals surface area contributed by atoms with E-state index in [4.69, 9.17) is 26.8 Å². The first-order valence-corrected chi connectivity index (χ1v) is 5.39. The highest BCUT2D eigenvalue weighted by Gasteiger charge is 2.16. The lowest BCUT2D eigenvalue weighted by Gasteiger charge is -2.11. The van der Waals surface area contributed by atoms with E-state index in [1.807, 2.05) is 0 Å². The lowest BCUT2D eigenvalue weighted by molar-refractivity contribution is 0.167. The number of nitrogen functional groups attached to an aromatic ring is 1. The predicted molar refractivity (Wildman–Crippen MR) is 60.3 cm³/mol. The molecule has 1 atom stereocenters. The first-order chi connectivity index (χ1) is 7.25. The summed E-state index contributed by atoms with van der Waals surface area (Å²) in [5.74, 6) is 1.18. The molecular formula is C11H14ClNO2. The maximum atomic E-state index is 5.98. The molecule has 0 saturated carbocycles. The third-order valence-electron chi connectivity index (χ3n) is 2.45. The molecule has 1 saturated heterocycles. The molecule has 1 aromatic rings. The summed E-state index contributed by atoms with van der Waals surface area (Å²) in [5.41, 5.74) is 6.24. The maximum absolute atomic E-state index is 5.98. The largest absolute Gasteiger partial charge is 0.492 e. The number of benzene rings is 1. The van der Waals surface area contributed by atoms with E-state index in [9.17, 15) is 0 Å². The molecular weight excluding hydrogens is 214 g/mol. The van der Waals surface area contributed by atoms with Crippen LogP contribution in [-0.4, -0.2) is 19.8 Å². The van der Waals surface area contributed by atoms with E-state index in [2.05, 4.69) is 0 Å². The smallest absolute Gasteiger partial charge is 0.138 e. The SMILES string of the molecule is Nc1ccc(OC[C@H]2CCOC2)c(Cl)c1. The number of hydrogen-bond donors (Lipinski definition) is 1. The molecule has 1 aliphatic rings. The Labute approximate surface area is 94.1 Å². The van der Waals surface area contributed by atoms with E-state index in [1.165, 1.54) is 0 Å². The molecule has 0 bridgehead atoms. The van der Waals surface area contributed by atoms with Crippen LogP contribution in [0.1, 0.15) is 6.42 Å². The monoisotopic (exact) mass is 227 g/mol. The van der Waals surface area contributed by atoms with Gasteiger partial charge in [0.25, 0.3) is 0 Å². The zero-order valence-corrected chi connectivity index (χ0v) is 9.17. The summed E-state index contributed by atoms with van der Waals surface area (Å²) in [6.45, 7) is 2.28. The van der Waals surface area contributed by atoms with Crippen LogP contribution in [0, 0.1) is 5.92 Å². The quantitative estimate of drug-likeness (QED) is 0.807. The number of ether oxygens (including phenoxy) is 2. The Morgan fingerprint density at radius 2 is 2.40 bits per heavy atom. The van der Waals surface area contributed by atoms with E-state index in [-0.39, 0.29) is 0 Å². The van der Waals surface area contributed by atoms with Crippen LogP contribution >= 0.6 is 11.6 Å². The van der Waals surface area contributed by atoms with Crippen molar-refractivity contribution in [3.8, 4) is 5.75 Å².